The van der Waals surface area contributed by atoms with E-state index in [2.05, 4.69) is 60.2 Å². The Labute approximate surface area is 186 Å². The molecule has 1 N–H and O–H groups in total. The van der Waals surface area contributed by atoms with Gasteiger partial charge in [-0.1, -0.05) is 50.1 Å². The van der Waals surface area contributed by atoms with E-state index in [1.165, 1.54) is 17.5 Å². The molecule has 3 aliphatic heterocycles. The zero-order chi connectivity index (χ0) is 21.8. The molecule has 168 valence electrons. The van der Waals surface area contributed by atoms with Crippen LogP contribution < -0.4 is 5.32 Å². The van der Waals surface area contributed by atoms with Gasteiger partial charge in [-0.15, -0.1) is 0 Å². The lowest BCUT2D eigenvalue weighted by molar-refractivity contribution is -0.136. The number of hydrogen-bond donors (Lipinski definition) is 1. The number of aryl methyl sites for hydroxylation is 1. The van der Waals surface area contributed by atoms with Gasteiger partial charge < -0.3 is 15.1 Å². The molecule has 1 aromatic rings. The summed E-state index contributed by atoms with van der Waals surface area (Å²) in [5.41, 5.74) is 2.01. The summed E-state index contributed by atoms with van der Waals surface area (Å²) in [6.07, 6.45) is 4.90. The molecule has 31 heavy (non-hydrogen) atoms. The first-order valence-corrected chi connectivity index (χ1v) is 12.3. The SMILES string of the molecule is CCC(C)CN1C[C@H]2C(=O)NC3(CCN(C(=O)C4(c5ccc(C)cc5)CC4)CC3)[C@H]2C1. The lowest BCUT2D eigenvalue weighted by Crippen LogP contribution is -2.57. The molecule has 0 bridgehead atoms. The van der Waals surface area contributed by atoms with Gasteiger partial charge in [0, 0.05) is 44.2 Å². The monoisotopic (exact) mass is 423 g/mol. The van der Waals surface area contributed by atoms with Crippen molar-refractivity contribution in [3.8, 4) is 0 Å². The fourth-order valence-electron chi connectivity index (χ4n) is 6.39. The van der Waals surface area contributed by atoms with Crippen LogP contribution in [0.25, 0.3) is 0 Å². The van der Waals surface area contributed by atoms with Crippen molar-refractivity contribution in [2.24, 2.45) is 17.8 Å². The van der Waals surface area contributed by atoms with Crippen LogP contribution in [0.1, 0.15) is 57.1 Å². The number of amides is 2. The fraction of sp³-hybridized carbons (Fsp3) is 0.692. The summed E-state index contributed by atoms with van der Waals surface area (Å²) in [5.74, 6) is 1.75. The number of benzene rings is 1. The van der Waals surface area contributed by atoms with Crippen molar-refractivity contribution in [3.63, 3.8) is 0 Å². The molecule has 0 aromatic heterocycles. The van der Waals surface area contributed by atoms with Gasteiger partial charge in [0.25, 0.3) is 0 Å². The zero-order valence-corrected chi connectivity index (χ0v) is 19.3. The number of carbonyl (C=O) groups is 2. The molecule has 1 aromatic carbocycles. The Balaban J connectivity index is 1.25. The van der Waals surface area contributed by atoms with E-state index in [0.29, 0.717) is 17.7 Å². The summed E-state index contributed by atoms with van der Waals surface area (Å²) in [4.78, 5) is 30.9. The first-order chi connectivity index (χ1) is 14.9. The van der Waals surface area contributed by atoms with E-state index in [1.54, 1.807) is 0 Å². The molecular weight excluding hydrogens is 386 g/mol. The predicted molar refractivity (Wildman–Crippen MR) is 122 cm³/mol. The van der Waals surface area contributed by atoms with E-state index in [9.17, 15) is 9.59 Å². The van der Waals surface area contributed by atoms with Gasteiger partial charge >= 0.3 is 0 Å². The Bertz CT molecular complexity index is 852. The number of likely N-dealkylation sites (tertiary alicyclic amines) is 2. The number of nitrogens with zero attached hydrogens (tertiary/aromatic N) is 2. The number of rotatable bonds is 5. The van der Waals surface area contributed by atoms with Crippen molar-refractivity contribution in [2.75, 3.05) is 32.7 Å². The third-order valence-corrected chi connectivity index (χ3v) is 8.79. The van der Waals surface area contributed by atoms with Crippen LogP contribution in [-0.4, -0.2) is 59.9 Å². The summed E-state index contributed by atoms with van der Waals surface area (Å²) in [5, 5.41) is 3.41. The van der Waals surface area contributed by atoms with Crippen LogP contribution in [0.5, 0.6) is 0 Å². The summed E-state index contributed by atoms with van der Waals surface area (Å²) in [6, 6.07) is 8.51. The molecule has 1 spiro atoms. The molecular formula is C26H37N3O2. The number of nitrogens with one attached hydrogen (secondary N) is 1. The highest BCUT2D eigenvalue weighted by molar-refractivity contribution is 5.91. The predicted octanol–water partition coefficient (Wildman–Crippen LogP) is 3.11. The number of hydrogen-bond acceptors (Lipinski definition) is 3. The van der Waals surface area contributed by atoms with Crippen LogP contribution in [0.15, 0.2) is 24.3 Å². The molecule has 3 atom stereocenters. The highest BCUT2D eigenvalue weighted by atomic mass is 16.2. The third-order valence-electron chi connectivity index (χ3n) is 8.79. The molecule has 4 fully saturated rings. The van der Waals surface area contributed by atoms with Crippen LogP contribution >= 0.6 is 0 Å². The van der Waals surface area contributed by atoms with E-state index in [4.69, 9.17) is 0 Å². The summed E-state index contributed by atoms with van der Waals surface area (Å²) in [6.45, 7) is 11.2. The van der Waals surface area contributed by atoms with Gasteiger partial charge in [0.15, 0.2) is 0 Å². The molecule has 4 aliphatic rings. The average molecular weight is 424 g/mol. The van der Waals surface area contributed by atoms with Crippen molar-refractivity contribution < 1.29 is 9.59 Å². The van der Waals surface area contributed by atoms with Gasteiger partial charge in [-0.05, 0) is 44.1 Å². The zero-order valence-electron chi connectivity index (χ0n) is 19.3. The molecule has 5 heteroatoms. The van der Waals surface area contributed by atoms with Crippen molar-refractivity contribution in [2.45, 2.75) is 63.8 Å². The Morgan fingerprint density at radius 1 is 1.13 bits per heavy atom. The van der Waals surface area contributed by atoms with Gasteiger partial charge in [0.2, 0.25) is 11.8 Å². The van der Waals surface area contributed by atoms with Crippen LogP contribution in [0, 0.1) is 24.7 Å². The maximum Gasteiger partial charge on any atom is 0.233 e. The second kappa shape index (κ2) is 7.61. The molecule has 5 rings (SSSR count). The van der Waals surface area contributed by atoms with Gasteiger partial charge in [0.1, 0.15) is 0 Å². The average Bonchev–Trinajstić information content (AvgIpc) is 3.41. The van der Waals surface area contributed by atoms with Gasteiger partial charge in [-0.2, -0.15) is 0 Å². The van der Waals surface area contributed by atoms with Crippen LogP contribution in [0.2, 0.25) is 0 Å². The molecule has 3 heterocycles. The second-order valence-corrected chi connectivity index (χ2v) is 10.8. The van der Waals surface area contributed by atoms with E-state index in [-0.39, 0.29) is 22.8 Å². The lowest BCUT2D eigenvalue weighted by Gasteiger charge is -2.43. The van der Waals surface area contributed by atoms with E-state index >= 15 is 0 Å². The summed E-state index contributed by atoms with van der Waals surface area (Å²) < 4.78 is 0. The smallest absolute Gasteiger partial charge is 0.233 e. The standard InChI is InChI=1S/C26H37N3O2/c1-4-18(2)15-28-16-21-22(17-28)26(27-23(21)30)11-13-29(14-12-26)24(31)25(9-10-25)20-7-5-19(3)6-8-20/h5-8,18,21-22H,4,9-17H2,1-3H3,(H,27,30)/t18?,21-,22+/m1/s1. The normalized spacial score (nSPS) is 29.6. The molecule has 1 aliphatic carbocycles. The largest absolute Gasteiger partial charge is 0.350 e. The highest BCUT2D eigenvalue weighted by Gasteiger charge is 2.59. The quantitative estimate of drug-likeness (QED) is 0.792. The number of carbonyl (C=O) groups excluding carboxylic acids is 2. The number of fused-ring (bicyclic) bond motifs is 2. The Kier molecular flexibility index (Phi) is 5.16. The summed E-state index contributed by atoms with van der Waals surface area (Å²) >= 11 is 0. The molecule has 5 nitrogen and oxygen atoms in total. The maximum absolute atomic E-state index is 13.5. The molecule has 2 amide bonds. The van der Waals surface area contributed by atoms with Crippen molar-refractivity contribution in [1.29, 1.82) is 0 Å². The lowest BCUT2D eigenvalue weighted by atomic mass is 9.75. The minimum absolute atomic E-state index is 0.108. The van der Waals surface area contributed by atoms with Crippen molar-refractivity contribution in [1.82, 2.24) is 15.1 Å². The first-order valence-electron chi connectivity index (χ1n) is 12.3. The minimum Gasteiger partial charge on any atom is -0.350 e. The van der Waals surface area contributed by atoms with Crippen LogP contribution in [0.3, 0.4) is 0 Å². The third kappa shape index (κ3) is 3.49. The maximum atomic E-state index is 13.5. The van der Waals surface area contributed by atoms with Gasteiger partial charge in [-0.3, -0.25) is 9.59 Å². The second-order valence-electron chi connectivity index (χ2n) is 10.8. The Morgan fingerprint density at radius 2 is 1.81 bits per heavy atom. The highest BCUT2D eigenvalue weighted by Crippen LogP contribution is 2.51. The minimum atomic E-state index is -0.292. The summed E-state index contributed by atoms with van der Waals surface area (Å²) in [7, 11) is 0. The molecule has 0 radical (unpaired) electrons. The Hall–Kier alpha value is -1.88. The molecule has 1 unspecified atom stereocenters. The van der Waals surface area contributed by atoms with Gasteiger partial charge in [0.05, 0.1) is 11.3 Å². The van der Waals surface area contributed by atoms with E-state index in [1.807, 2.05) is 0 Å². The Morgan fingerprint density at radius 3 is 2.42 bits per heavy atom. The van der Waals surface area contributed by atoms with E-state index in [0.717, 1.165) is 58.4 Å². The molecule has 1 saturated carbocycles. The fourth-order valence-corrected chi connectivity index (χ4v) is 6.39. The van der Waals surface area contributed by atoms with E-state index < -0.39 is 0 Å². The van der Waals surface area contributed by atoms with Crippen LogP contribution in [0.4, 0.5) is 0 Å². The first kappa shape index (κ1) is 21.0. The number of piperidine rings is 1. The molecule has 3 saturated heterocycles. The van der Waals surface area contributed by atoms with Crippen molar-refractivity contribution >= 4 is 11.8 Å². The topological polar surface area (TPSA) is 52.7 Å². The van der Waals surface area contributed by atoms with Crippen LogP contribution in [-0.2, 0) is 15.0 Å². The van der Waals surface area contributed by atoms with Gasteiger partial charge in [-0.25, -0.2) is 0 Å². The van der Waals surface area contributed by atoms with Crippen molar-refractivity contribution in [3.05, 3.63) is 35.4 Å².